The average Bonchev–Trinajstić information content (AvgIpc) is 2.14. The third-order valence-corrected chi connectivity index (χ3v) is 2.89. The van der Waals surface area contributed by atoms with Crippen LogP contribution < -0.4 is 10.5 Å². The van der Waals surface area contributed by atoms with Crippen molar-refractivity contribution in [2.45, 2.75) is 4.90 Å². The number of carboxylic acids is 1. The zero-order chi connectivity index (χ0) is 12.3. The van der Waals surface area contributed by atoms with Gasteiger partial charge in [0.2, 0.25) is 10.0 Å². The number of hydrogen-bond acceptors (Lipinski definition) is 5. The van der Waals surface area contributed by atoms with Crippen molar-refractivity contribution in [3.05, 3.63) is 16.7 Å². The van der Waals surface area contributed by atoms with Crippen molar-refractivity contribution in [2.75, 3.05) is 11.9 Å². The molecule has 4 N–H and O–H groups in total. The second-order valence-electron chi connectivity index (χ2n) is 2.79. The Labute approximate surface area is 99.9 Å². The van der Waals surface area contributed by atoms with Gasteiger partial charge in [-0.15, -0.1) is 0 Å². The molecular weight excluding hydrogens is 302 g/mol. The maximum atomic E-state index is 11.2. The number of anilines is 1. The van der Waals surface area contributed by atoms with E-state index in [-0.39, 0.29) is 10.7 Å². The first kappa shape index (κ1) is 12.9. The Bertz CT molecular complexity index is 516. The number of rotatable bonds is 4. The van der Waals surface area contributed by atoms with E-state index in [1.165, 1.54) is 12.3 Å². The topological polar surface area (TPSA) is 122 Å². The summed E-state index contributed by atoms with van der Waals surface area (Å²) in [6.45, 7) is -0.447. The Balaban J connectivity index is 3.13. The van der Waals surface area contributed by atoms with Gasteiger partial charge in [-0.1, -0.05) is 0 Å². The van der Waals surface area contributed by atoms with Crippen LogP contribution in [0.5, 0.6) is 0 Å². The number of carboxylic acid groups (broad SMARTS) is 1. The van der Waals surface area contributed by atoms with Crippen molar-refractivity contribution in [3.8, 4) is 0 Å². The number of nitrogens with zero attached hydrogens (tertiary/aromatic N) is 1. The first-order valence-corrected chi connectivity index (χ1v) is 6.28. The van der Waals surface area contributed by atoms with E-state index in [1.807, 2.05) is 0 Å². The van der Waals surface area contributed by atoms with Crippen LogP contribution in [0.2, 0.25) is 0 Å². The number of hydrogen-bond donors (Lipinski definition) is 3. The number of nitrogens with two attached hydrogens (primary N) is 1. The molecule has 0 aliphatic heterocycles. The van der Waals surface area contributed by atoms with Gasteiger partial charge in [0.15, 0.2) is 0 Å². The van der Waals surface area contributed by atoms with E-state index in [0.717, 1.165) is 0 Å². The van der Waals surface area contributed by atoms with E-state index in [2.05, 4.69) is 26.2 Å². The normalized spacial score (nSPS) is 11.1. The molecule has 88 valence electrons. The summed E-state index contributed by atoms with van der Waals surface area (Å²) in [6, 6.07) is 1.24. The highest BCUT2D eigenvalue weighted by Gasteiger charge is 2.16. The second-order valence-corrected chi connectivity index (χ2v) is 5.24. The lowest BCUT2D eigenvalue weighted by Gasteiger charge is -2.07. The van der Waals surface area contributed by atoms with E-state index in [9.17, 15) is 13.2 Å². The molecule has 0 aliphatic carbocycles. The molecule has 7 nitrogen and oxygen atoms in total. The summed E-state index contributed by atoms with van der Waals surface area (Å²) in [5.41, 5.74) is 0. The van der Waals surface area contributed by atoms with Crippen molar-refractivity contribution in [2.24, 2.45) is 5.14 Å². The zero-order valence-corrected chi connectivity index (χ0v) is 10.2. The molecule has 0 radical (unpaired) electrons. The molecule has 0 amide bonds. The molecule has 0 unspecified atom stereocenters. The number of carbonyl (C=O) groups is 1. The van der Waals surface area contributed by atoms with Gasteiger partial charge in [-0.3, -0.25) is 4.79 Å². The van der Waals surface area contributed by atoms with Gasteiger partial charge in [-0.05, 0) is 22.0 Å². The maximum absolute atomic E-state index is 11.2. The van der Waals surface area contributed by atoms with Crippen LogP contribution in [0.25, 0.3) is 0 Å². The van der Waals surface area contributed by atoms with Crippen LogP contribution in [0.15, 0.2) is 21.6 Å². The summed E-state index contributed by atoms with van der Waals surface area (Å²) in [7, 11) is -3.95. The number of halogens is 1. The molecule has 1 aromatic rings. The smallest absolute Gasteiger partial charge is 0.322 e. The number of primary sulfonamides is 1. The summed E-state index contributed by atoms with van der Waals surface area (Å²) >= 11 is 3.04. The van der Waals surface area contributed by atoms with Crippen LogP contribution in [0.1, 0.15) is 0 Å². The summed E-state index contributed by atoms with van der Waals surface area (Å²) in [4.78, 5) is 13.8. The number of aliphatic carboxylic acids is 1. The maximum Gasteiger partial charge on any atom is 0.322 e. The molecule has 9 heteroatoms. The molecular formula is C7H8BrN3O4S. The van der Waals surface area contributed by atoms with Gasteiger partial charge in [-0.25, -0.2) is 18.5 Å². The Kier molecular flexibility index (Phi) is 3.83. The van der Waals surface area contributed by atoms with Gasteiger partial charge in [-0.2, -0.15) is 0 Å². The van der Waals surface area contributed by atoms with E-state index in [4.69, 9.17) is 10.2 Å². The van der Waals surface area contributed by atoms with Crippen LogP contribution >= 0.6 is 15.9 Å². The van der Waals surface area contributed by atoms with Gasteiger partial charge < -0.3 is 10.4 Å². The Morgan fingerprint density at radius 1 is 1.62 bits per heavy atom. The second kappa shape index (κ2) is 4.76. The predicted molar refractivity (Wildman–Crippen MR) is 59.4 cm³/mol. The monoisotopic (exact) mass is 309 g/mol. The lowest BCUT2D eigenvalue weighted by atomic mass is 10.4. The minimum absolute atomic E-state index is 0.0897. The average molecular weight is 310 g/mol. The third kappa shape index (κ3) is 3.43. The summed E-state index contributed by atoms with van der Waals surface area (Å²) in [5, 5.41) is 15.8. The van der Waals surface area contributed by atoms with Crippen LogP contribution in [-0.2, 0) is 14.8 Å². The zero-order valence-electron chi connectivity index (χ0n) is 7.84. The van der Waals surface area contributed by atoms with Gasteiger partial charge in [0.1, 0.15) is 17.3 Å². The van der Waals surface area contributed by atoms with E-state index < -0.39 is 22.5 Å². The minimum atomic E-state index is -3.95. The van der Waals surface area contributed by atoms with Crippen LogP contribution in [0, 0.1) is 0 Å². The van der Waals surface area contributed by atoms with Crippen molar-refractivity contribution >= 4 is 37.7 Å². The standard InChI is InChI=1S/C7H8BrN3O4S/c8-4-1-5(16(9,14)15)7(10-2-4)11-3-6(12)13/h1-2H,3H2,(H,10,11)(H,12,13)(H2,9,14,15). The molecule has 0 aromatic carbocycles. The van der Waals surface area contributed by atoms with Crippen molar-refractivity contribution in [3.63, 3.8) is 0 Å². The number of pyridine rings is 1. The minimum Gasteiger partial charge on any atom is -0.480 e. The lowest BCUT2D eigenvalue weighted by molar-refractivity contribution is -0.134. The molecule has 16 heavy (non-hydrogen) atoms. The van der Waals surface area contributed by atoms with Crippen LogP contribution in [-0.4, -0.2) is 31.0 Å². The summed E-state index contributed by atoms with van der Waals surface area (Å²) in [6.07, 6.45) is 1.33. The van der Waals surface area contributed by atoms with Crippen molar-refractivity contribution < 1.29 is 18.3 Å². The fourth-order valence-corrected chi connectivity index (χ4v) is 2.10. The highest BCUT2D eigenvalue weighted by Crippen LogP contribution is 2.21. The molecule has 0 saturated heterocycles. The summed E-state index contributed by atoms with van der Waals surface area (Å²) in [5.74, 6) is -1.22. The van der Waals surface area contributed by atoms with E-state index >= 15 is 0 Å². The Morgan fingerprint density at radius 2 is 2.25 bits per heavy atom. The van der Waals surface area contributed by atoms with Crippen LogP contribution in [0.3, 0.4) is 0 Å². The van der Waals surface area contributed by atoms with Gasteiger partial charge in [0.25, 0.3) is 0 Å². The molecule has 1 heterocycles. The van der Waals surface area contributed by atoms with Gasteiger partial charge >= 0.3 is 5.97 Å². The highest BCUT2D eigenvalue weighted by atomic mass is 79.9. The molecule has 0 atom stereocenters. The summed E-state index contributed by atoms with van der Waals surface area (Å²) < 4.78 is 22.8. The molecule has 0 saturated carbocycles. The fourth-order valence-electron chi connectivity index (χ4n) is 0.930. The Morgan fingerprint density at radius 3 is 2.75 bits per heavy atom. The van der Waals surface area contributed by atoms with Gasteiger partial charge in [0, 0.05) is 10.7 Å². The van der Waals surface area contributed by atoms with Crippen molar-refractivity contribution in [1.82, 2.24) is 4.98 Å². The van der Waals surface area contributed by atoms with E-state index in [0.29, 0.717) is 4.47 Å². The SMILES string of the molecule is NS(=O)(=O)c1cc(Br)cnc1NCC(=O)O. The Hall–Kier alpha value is -1.19. The van der Waals surface area contributed by atoms with E-state index in [1.54, 1.807) is 0 Å². The molecule has 1 rings (SSSR count). The lowest BCUT2D eigenvalue weighted by Crippen LogP contribution is -2.19. The molecule has 0 fully saturated rings. The molecule has 0 bridgehead atoms. The largest absolute Gasteiger partial charge is 0.480 e. The first-order valence-electron chi connectivity index (χ1n) is 3.94. The fraction of sp³-hybridized carbons (Fsp3) is 0.143. The number of aromatic nitrogens is 1. The molecule has 0 spiro atoms. The number of nitrogens with one attached hydrogen (secondary N) is 1. The number of sulfonamides is 1. The van der Waals surface area contributed by atoms with Gasteiger partial charge in [0.05, 0.1) is 0 Å². The highest BCUT2D eigenvalue weighted by molar-refractivity contribution is 9.10. The quantitative estimate of drug-likeness (QED) is 0.719. The first-order chi connectivity index (χ1) is 7.30. The molecule has 0 aliphatic rings. The van der Waals surface area contributed by atoms with Crippen molar-refractivity contribution in [1.29, 1.82) is 0 Å². The predicted octanol–water partition coefficient (Wildman–Crippen LogP) is -0.0120. The molecule has 1 aromatic heterocycles. The van der Waals surface area contributed by atoms with Crippen LogP contribution in [0.4, 0.5) is 5.82 Å². The third-order valence-electron chi connectivity index (χ3n) is 1.53.